The molecule has 3 heteroatoms. The molecule has 1 aromatic carbocycles. The summed E-state index contributed by atoms with van der Waals surface area (Å²) in [5.74, 6) is 1.70. The molecule has 0 aromatic heterocycles. The summed E-state index contributed by atoms with van der Waals surface area (Å²) < 4.78 is 5.64. The third-order valence-corrected chi connectivity index (χ3v) is 3.76. The van der Waals surface area contributed by atoms with Crippen molar-refractivity contribution in [2.24, 2.45) is 5.92 Å². The van der Waals surface area contributed by atoms with Gasteiger partial charge >= 0.3 is 0 Å². The van der Waals surface area contributed by atoms with Crippen LogP contribution in [-0.4, -0.2) is 30.9 Å². The van der Waals surface area contributed by atoms with Crippen LogP contribution in [0.3, 0.4) is 0 Å². The highest BCUT2D eigenvalue weighted by molar-refractivity contribution is 5.20. The molecule has 1 fully saturated rings. The normalized spacial score (nSPS) is 23.2. The summed E-state index contributed by atoms with van der Waals surface area (Å²) in [4.78, 5) is 0. The van der Waals surface area contributed by atoms with E-state index in [1.807, 2.05) is 30.3 Å². The quantitative estimate of drug-likeness (QED) is 0.743. The summed E-state index contributed by atoms with van der Waals surface area (Å²) >= 11 is 0. The van der Waals surface area contributed by atoms with Crippen molar-refractivity contribution in [3.8, 4) is 5.75 Å². The van der Waals surface area contributed by atoms with Gasteiger partial charge in [0.25, 0.3) is 0 Å². The molecule has 2 rings (SSSR count). The van der Waals surface area contributed by atoms with Crippen molar-refractivity contribution in [3.05, 3.63) is 30.3 Å². The van der Waals surface area contributed by atoms with Gasteiger partial charge in [0.15, 0.2) is 0 Å². The van der Waals surface area contributed by atoms with E-state index in [4.69, 9.17) is 4.74 Å². The van der Waals surface area contributed by atoms with E-state index >= 15 is 0 Å². The lowest BCUT2D eigenvalue weighted by atomic mass is 9.87. The van der Waals surface area contributed by atoms with Crippen molar-refractivity contribution < 1.29 is 9.84 Å². The second-order valence-corrected chi connectivity index (χ2v) is 5.39. The molecule has 0 amide bonds. The monoisotopic (exact) mass is 263 g/mol. The first-order chi connectivity index (χ1) is 9.34. The maximum Gasteiger partial charge on any atom is 0.119 e. The predicted octanol–water partition coefficient (Wildman–Crippen LogP) is 2.60. The Kier molecular flexibility index (Phi) is 6.18. The van der Waals surface area contributed by atoms with Gasteiger partial charge in [0.05, 0.1) is 12.7 Å². The molecular weight excluding hydrogens is 238 g/mol. The van der Waals surface area contributed by atoms with Gasteiger partial charge in [-0.1, -0.05) is 18.2 Å². The first-order valence-electron chi connectivity index (χ1n) is 7.41. The number of hydrogen-bond donors (Lipinski definition) is 2. The van der Waals surface area contributed by atoms with Crippen LogP contribution in [0.25, 0.3) is 0 Å². The van der Waals surface area contributed by atoms with E-state index in [2.05, 4.69) is 5.32 Å². The molecule has 1 aliphatic rings. The van der Waals surface area contributed by atoms with E-state index in [1.165, 1.54) is 0 Å². The highest BCUT2D eigenvalue weighted by atomic mass is 16.5. The van der Waals surface area contributed by atoms with Crippen molar-refractivity contribution in [1.82, 2.24) is 5.32 Å². The number of ether oxygens (including phenoxy) is 1. The first-order valence-corrected chi connectivity index (χ1v) is 7.41. The number of nitrogens with one attached hydrogen (secondary N) is 1. The molecule has 2 N–H and O–H groups in total. The van der Waals surface area contributed by atoms with Crippen molar-refractivity contribution in [1.29, 1.82) is 0 Å². The number of aliphatic hydroxyl groups is 1. The summed E-state index contributed by atoms with van der Waals surface area (Å²) in [6.07, 6.45) is 5.26. The summed E-state index contributed by atoms with van der Waals surface area (Å²) in [5, 5.41) is 12.9. The van der Waals surface area contributed by atoms with Gasteiger partial charge in [-0.15, -0.1) is 0 Å². The van der Waals surface area contributed by atoms with Crippen LogP contribution in [0.15, 0.2) is 30.3 Å². The minimum Gasteiger partial charge on any atom is -0.494 e. The number of aliphatic hydroxyl groups excluding tert-OH is 1. The third kappa shape index (κ3) is 5.62. The molecule has 0 saturated heterocycles. The molecule has 0 unspecified atom stereocenters. The van der Waals surface area contributed by atoms with Crippen molar-refractivity contribution >= 4 is 0 Å². The smallest absolute Gasteiger partial charge is 0.119 e. The first kappa shape index (κ1) is 14.4. The van der Waals surface area contributed by atoms with Gasteiger partial charge in [-0.05, 0) is 63.2 Å². The Hall–Kier alpha value is -1.06. The Morgan fingerprint density at radius 1 is 1.11 bits per heavy atom. The lowest BCUT2D eigenvalue weighted by molar-refractivity contribution is 0.108. The van der Waals surface area contributed by atoms with E-state index in [-0.39, 0.29) is 6.10 Å². The molecule has 0 aliphatic heterocycles. The maximum absolute atomic E-state index is 9.44. The number of hydrogen-bond acceptors (Lipinski definition) is 3. The molecular formula is C16H25NO2. The fourth-order valence-corrected chi connectivity index (χ4v) is 2.56. The second kappa shape index (κ2) is 8.18. The molecule has 3 nitrogen and oxygen atoms in total. The zero-order valence-corrected chi connectivity index (χ0v) is 11.6. The minimum atomic E-state index is -0.0458. The van der Waals surface area contributed by atoms with Crippen molar-refractivity contribution in [2.45, 2.75) is 38.2 Å². The Balaban J connectivity index is 1.46. The molecule has 0 heterocycles. The van der Waals surface area contributed by atoms with Crippen molar-refractivity contribution in [3.63, 3.8) is 0 Å². The van der Waals surface area contributed by atoms with Crippen molar-refractivity contribution in [2.75, 3.05) is 19.7 Å². The lowest BCUT2D eigenvalue weighted by Gasteiger charge is -2.25. The van der Waals surface area contributed by atoms with E-state index in [9.17, 15) is 5.11 Å². The fraction of sp³-hybridized carbons (Fsp3) is 0.625. The van der Waals surface area contributed by atoms with Gasteiger partial charge in [0.1, 0.15) is 5.75 Å². The number of benzene rings is 1. The molecule has 0 bridgehead atoms. The molecule has 1 aromatic rings. The van der Waals surface area contributed by atoms with Crippen LogP contribution in [0.4, 0.5) is 0 Å². The minimum absolute atomic E-state index is 0.0458. The van der Waals surface area contributed by atoms with E-state index in [1.54, 1.807) is 0 Å². The van der Waals surface area contributed by atoms with Crippen LogP contribution < -0.4 is 10.1 Å². The van der Waals surface area contributed by atoms with Crippen LogP contribution in [0.2, 0.25) is 0 Å². The Bertz CT molecular complexity index is 334. The summed E-state index contributed by atoms with van der Waals surface area (Å²) in [7, 11) is 0. The van der Waals surface area contributed by atoms with Crippen LogP contribution in [-0.2, 0) is 0 Å². The molecule has 1 aliphatic carbocycles. The topological polar surface area (TPSA) is 41.5 Å². The summed E-state index contributed by atoms with van der Waals surface area (Å²) in [5.41, 5.74) is 0. The average molecular weight is 263 g/mol. The van der Waals surface area contributed by atoms with Gasteiger partial charge in [-0.25, -0.2) is 0 Å². The molecule has 1 saturated carbocycles. The zero-order valence-electron chi connectivity index (χ0n) is 11.6. The van der Waals surface area contributed by atoms with Gasteiger partial charge in [-0.2, -0.15) is 0 Å². The molecule has 0 spiro atoms. The molecule has 0 atom stereocenters. The van der Waals surface area contributed by atoms with Gasteiger partial charge < -0.3 is 15.2 Å². The maximum atomic E-state index is 9.44. The highest BCUT2D eigenvalue weighted by Gasteiger charge is 2.18. The van der Waals surface area contributed by atoms with Gasteiger partial charge in [-0.3, -0.25) is 0 Å². The van der Waals surface area contributed by atoms with Crippen LogP contribution in [0.5, 0.6) is 5.75 Å². The molecule has 106 valence electrons. The lowest BCUT2D eigenvalue weighted by Crippen LogP contribution is -2.29. The second-order valence-electron chi connectivity index (χ2n) is 5.39. The number of rotatable bonds is 7. The largest absolute Gasteiger partial charge is 0.494 e. The van der Waals surface area contributed by atoms with Gasteiger partial charge in [0.2, 0.25) is 0 Å². The van der Waals surface area contributed by atoms with E-state index in [0.29, 0.717) is 0 Å². The van der Waals surface area contributed by atoms with Crippen LogP contribution >= 0.6 is 0 Å². The van der Waals surface area contributed by atoms with E-state index < -0.39 is 0 Å². The number of para-hydroxylation sites is 1. The Labute approximate surface area is 116 Å². The summed E-state index contributed by atoms with van der Waals surface area (Å²) in [6.45, 7) is 2.85. The van der Waals surface area contributed by atoms with Crippen LogP contribution in [0, 0.1) is 5.92 Å². The Morgan fingerprint density at radius 2 is 1.84 bits per heavy atom. The third-order valence-electron chi connectivity index (χ3n) is 3.76. The van der Waals surface area contributed by atoms with Gasteiger partial charge in [0, 0.05) is 0 Å². The molecule has 0 radical (unpaired) electrons. The fourth-order valence-electron chi connectivity index (χ4n) is 2.56. The molecule has 19 heavy (non-hydrogen) atoms. The SMILES string of the molecule is OC1CCC(CNCCCOc2ccccc2)CC1. The average Bonchev–Trinajstić information content (AvgIpc) is 2.46. The van der Waals surface area contributed by atoms with Crippen LogP contribution in [0.1, 0.15) is 32.1 Å². The standard InChI is InChI=1S/C16H25NO2/c18-15-9-7-14(8-10-15)13-17-11-4-12-19-16-5-2-1-3-6-16/h1-3,5-6,14-15,17-18H,4,7-13H2. The summed E-state index contributed by atoms with van der Waals surface area (Å²) in [6, 6.07) is 9.95. The predicted molar refractivity (Wildman–Crippen MR) is 77.4 cm³/mol. The Morgan fingerprint density at radius 3 is 2.58 bits per heavy atom. The zero-order chi connectivity index (χ0) is 13.3. The van der Waals surface area contributed by atoms with E-state index in [0.717, 1.165) is 63.5 Å². The highest BCUT2D eigenvalue weighted by Crippen LogP contribution is 2.23.